The van der Waals surface area contributed by atoms with E-state index in [1.807, 2.05) is 42.5 Å². The zero-order valence-electron chi connectivity index (χ0n) is 18.1. The Balaban J connectivity index is 1.57. The van der Waals surface area contributed by atoms with Crippen molar-refractivity contribution in [1.82, 2.24) is 0 Å². The van der Waals surface area contributed by atoms with Crippen molar-refractivity contribution in [2.75, 3.05) is 11.9 Å². The number of fused-ring (bicyclic) bond motifs is 1. The quantitative estimate of drug-likeness (QED) is 0.376. The van der Waals surface area contributed by atoms with E-state index < -0.39 is 11.5 Å². The molecule has 4 rings (SSSR count). The number of amides is 1. The maximum Gasteiger partial charge on any atom is 0.261 e. The average Bonchev–Trinajstić information content (AvgIpc) is 3.05. The second-order valence-corrected chi connectivity index (χ2v) is 8.14. The molecule has 0 saturated carbocycles. The molecule has 1 unspecified atom stereocenters. The predicted octanol–water partition coefficient (Wildman–Crippen LogP) is 4.87. The van der Waals surface area contributed by atoms with Gasteiger partial charge in [0.05, 0.1) is 13.0 Å². The highest BCUT2D eigenvalue weighted by Gasteiger charge is 2.48. The van der Waals surface area contributed by atoms with Gasteiger partial charge in [0.15, 0.2) is 11.4 Å². The summed E-state index contributed by atoms with van der Waals surface area (Å²) in [5.74, 6) is -0.172. The molecule has 1 aliphatic rings. The average molecular weight is 430 g/mol. The van der Waals surface area contributed by atoms with Gasteiger partial charge in [0.1, 0.15) is 5.75 Å². The Bertz CT molecular complexity index is 1110. The summed E-state index contributed by atoms with van der Waals surface area (Å²) < 4.78 is 5.65. The zero-order valence-corrected chi connectivity index (χ0v) is 18.1. The van der Waals surface area contributed by atoms with Crippen LogP contribution in [0.3, 0.4) is 0 Å². The number of carbonyl (C=O) groups is 2. The van der Waals surface area contributed by atoms with Crippen molar-refractivity contribution in [2.24, 2.45) is 0 Å². The lowest BCUT2D eigenvalue weighted by Gasteiger charge is -2.23. The SMILES string of the molecule is CCCCOc1ccc(C(=O)CC2(O)C(=O)Nc3cccc(Cc4ccccc4)c32)cc1. The number of rotatable bonds is 9. The van der Waals surface area contributed by atoms with E-state index in [0.29, 0.717) is 35.6 Å². The highest BCUT2D eigenvalue weighted by atomic mass is 16.5. The maximum absolute atomic E-state index is 13.0. The number of hydrogen-bond acceptors (Lipinski definition) is 4. The molecule has 32 heavy (non-hydrogen) atoms. The third-order valence-corrected chi connectivity index (χ3v) is 5.78. The number of nitrogens with one attached hydrogen (secondary N) is 1. The Morgan fingerprint density at radius 2 is 1.75 bits per heavy atom. The Morgan fingerprint density at radius 3 is 2.47 bits per heavy atom. The normalized spacial score (nSPS) is 17.0. The van der Waals surface area contributed by atoms with Crippen LogP contribution in [0.15, 0.2) is 72.8 Å². The van der Waals surface area contributed by atoms with E-state index in [1.54, 1.807) is 30.3 Å². The van der Waals surface area contributed by atoms with E-state index in [2.05, 4.69) is 12.2 Å². The molecular formula is C27H27NO4. The molecule has 5 nitrogen and oxygen atoms in total. The number of ketones is 1. The maximum atomic E-state index is 13.0. The number of anilines is 1. The summed E-state index contributed by atoms with van der Waals surface area (Å²) in [7, 11) is 0. The Kier molecular flexibility index (Phi) is 6.37. The van der Waals surface area contributed by atoms with Crippen LogP contribution in [0, 0.1) is 0 Å². The minimum atomic E-state index is -1.91. The third kappa shape index (κ3) is 4.43. The fourth-order valence-corrected chi connectivity index (χ4v) is 4.07. The van der Waals surface area contributed by atoms with Crippen LogP contribution >= 0.6 is 0 Å². The molecule has 0 aromatic heterocycles. The van der Waals surface area contributed by atoms with Crippen LogP contribution in [-0.2, 0) is 16.8 Å². The van der Waals surface area contributed by atoms with Gasteiger partial charge in [-0.25, -0.2) is 0 Å². The molecule has 0 bridgehead atoms. The van der Waals surface area contributed by atoms with Crippen molar-refractivity contribution < 1.29 is 19.4 Å². The standard InChI is InChI=1S/C27H27NO4/c1-2-3-16-32-22-14-12-20(13-15-22)24(29)18-27(31)25-21(17-19-8-5-4-6-9-19)10-7-11-23(25)28-26(27)30/h4-15,31H,2-3,16-18H2,1H3,(H,28,30). The van der Waals surface area contributed by atoms with Crippen LogP contribution < -0.4 is 10.1 Å². The first-order chi connectivity index (χ1) is 15.5. The molecule has 1 aliphatic heterocycles. The van der Waals surface area contributed by atoms with Crippen molar-refractivity contribution in [2.45, 2.75) is 38.2 Å². The van der Waals surface area contributed by atoms with E-state index in [0.717, 1.165) is 24.0 Å². The van der Waals surface area contributed by atoms with Crippen molar-refractivity contribution in [1.29, 1.82) is 0 Å². The minimum Gasteiger partial charge on any atom is -0.494 e. The first-order valence-electron chi connectivity index (χ1n) is 11.0. The monoisotopic (exact) mass is 429 g/mol. The lowest BCUT2D eigenvalue weighted by atomic mass is 9.84. The van der Waals surface area contributed by atoms with Gasteiger partial charge >= 0.3 is 0 Å². The van der Waals surface area contributed by atoms with Crippen LogP contribution in [0.25, 0.3) is 0 Å². The van der Waals surface area contributed by atoms with Gasteiger partial charge in [-0.2, -0.15) is 0 Å². The van der Waals surface area contributed by atoms with Gasteiger partial charge in [0.2, 0.25) is 0 Å². The van der Waals surface area contributed by atoms with Crippen LogP contribution in [0.5, 0.6) is 5.75 Å². The third-order valence-electron chi connectivity index (χ3n) is 5.78. The number of aliphatic hydroxyl groups is 1. The Labute approximate surface area is 188 Å². The fraction of sp³-hybridized carbons (Fsp3) is 0.259. The summed E-state index contributed by atoms with van der Waals surface area (Å²) in [6.45, 7) is 2.73. The molecule has 0 saturated heterocycles. The first kappa shape index (κ1) is 21.8. The predicted molar refractivity (Wildman–Crippen MR) is 124 cm³/mol. The summed E-state index contributed by atoms with van der Waals surface area (Å²) in [6.07, 6.45) is 2.24. The summed E-state index contributed by atoms with van der Waals surface area (Å²) in [4.78, 5) is 25.8. The van der Waals surface area contributed by atoms with E-state index in [4.69, 9.17) is 4.74 Å². The van der Waals surface area contributed by atoms with Gasteiger partial charge in [0.25, 0.3) is 5.91 Å². The van der Waals surface area contributed by atoms with E-state index in [1.165, 1.54) is 0 Å². The second kappa shape index (κ2) is 9.37. The topological polar surface area (TPSA) is 75.6 Å². The molecule has 3 aromatic rings. The Morgan fingerprint density at radius 1 is 1.00 bits per heavy atom. The minimum absolute atomic E-state index is 0.301. The van der Waals surface area contributed by atoms with E-state index in [-0.39, 0.29) is 12.2 Å². The van der Waals surface area contributed by atoms with Gasteiger partial charge in [-0.1, -0.05) is 55.8 Å². The van der Waals surface area contributed by atoms with Crippen molar-refractivity contribution in [3.63, 3.8) is 0 Å². The molecule has 0 radical (unpaired) electrons. The molecule has 0 spiro atoms. The molecular weight excluding hydrogens is 402 g/mol. The number of Topliss-reactive ketones (excluding diaryl/α,β-unsaturated/α-hetero) is 1. The van der Waals surface area contributed by atoms with Crippen LogP contribution in [0.1, 0.15) is 53.2 Å². The number of ether oxygens (including phenoxy) is 1. The lowest BCUT2D eigenvalue weighted by molar-refractivity contribution is -0.133. The number of benzene rings is 3. The van der Waals surface area contributed by atoms with Gasteiger partial charge in [-0.3, -0.25) is 9.59 Å². The molecule has 1 amide bonds. The lowest BCUT2D eigenvalue weighted by Crippen LogP contribution is -2.37. The summed E-state index contributed by atoms with van der Waals surface area (Å²) in [6, 6.07) is 22.2. The van der Waals surface area contributed by atoms with Crippen LogP contribution in [0.4, 0.5) is 5.69 Å². The van der Waals surface area contributed by atoms with E-state index in [9.17, 15) is 14.7 Å². The molecule has 1 heterocycles. The number of hydrogen-bond donors (Lipinski definition) is 2. The molecule has 0 aliphatic carbocycles. The van der Waals surface area contributed by atoms with Crippen molar-refractivity contribution >= 4 is 17.4 Å². The molecule has 5 heteroatoms. The van der Waals surface area contributed by atoms with Crippen LogP contribution in [-0.4, -0.2) is 23.4 Å². The smallest absolute Gasteiger partial charge is 0.261 e. The zero-order chi connectivity index (χ0) is 22.6. The molecule has 1 atom stereocenters. The summed E-state index contributed by atoms with van der Waals surface area (Å²) in [5.41, 5.74) is 1.45. The molecule has 164 valence electrons. The Hall–Kier alpha value is -3.44. The molecule has 0 fully saturated rings. The van der Waals surface area contributed by atoms with Crippen LogP contribution in [0.2, 0.25) is 0 Å². The summed E-state index contributed by atoms with van der Waals surface area (Å²) >= 11 is 0. The van der Waals surface area contributed by atoms with Gasteiger partial charge < -0.3 is 15.2 Å². The first-order valence-corrected chi connectivity index (χ1v) is 11.0. The van der Waals surface area contributed by atoms with Crippen molar-refractivity contribution in [3.05, 3.63) is 95.1 Å². The summed E-state index contributed by atoms with van der Waals surface area (Å²) in [5, 5.41) is 14.2. The van der Waals surface area contributed by atoms with Crippen molar-refractivity contribution in [3.8, 4) is 5.75 Å². The van der Waals surface area contributed by atoms with Gasteiger partial charge in [-0.15, -0.1) is 0 Å². The van der Waals surface area contributed by atoms with Gasteiger partial charge in [0, 0.05) is 16.8 Å². The number of unbranched alkanes of at least 4 members (excludes halogenated alkanes) is 1. The number of carbonyl (C=O) groups excluding carboxylic acids is 2. The fourth-order valence-electron chi connectivity index (χ4n) is 4.07. The molecule has 2 N–H and O–H groups in total. The highest BCUT2D eigenvalue weighted by molar-refractivity contribution is 6.09. The largest absolute Gasteiger partial charge is 0.494 e. The highest BCUT2D eigenvalue weighted by Crippen LogP contribution is 2.42. The molecule has 3 aromatic carbocycles. The van der Waals surface area contributed by atoms with E-state index >= 15 is 0 Å². The van der Waals surface area contributed by atoms with Gasteiger partial charge in [-0.05, 0) is 54.3 Å². The second-order valence-electron chi connectivity index (χ2n) is 8.14.